The predicted octanol–water partition coefficient (Wildman–Crippen LogP) is 1.99. The molecule has 0 unspecified atom stereocenters. The maximum atomic E-state index is 5.26. The summed E-state index contributed by atoms with van der Waals surface area (Å²) in [5, 5.41) is 0. The van der Waals surface area contributed by atoms with E-state index in [2.05, 4.69) is 21.7 Å². The molecule has 2 atom stereocenters. The van der Waals surface area contributed by atoms with Crippen LogP contribution in [0.15, 0.2) is 5.51 Å². The van der Waals surface area contributed by atoms with Gasteiger partial charge in [-0.15, -0.1) is 11.3 Å². The number of thiazole rings is 1. The molecule has 0 spiro atoms. The highest BCUT2D eigenvalue weighted by Crippen LogP contribution is 2.29. The average molecular weight is 295 g/mol. The van der Waals surface area contributed by atoms with Crippen LogP contribution in [-0.4, -0.2) is 60.7 Å². The zero-order chi connectivity index (χ0) is 13.9. The predicted molar refractivity (Wildman–Crippen MR) is 82.1 cm³/mol. The fourth-order valence-corrected chi connectivity index (χ4v) is 4.39. The van der Waals surface area contributed by atoms with E-state index in [0.29, 0.717) is 0 Å². The van der Waals surface area contributed by atoms with Gasteiger partial charge < -0.3 is 4.74 Å². The van der Waals surface area contributed by atoms with Crippen LogP contribution in [-0.2, 0) is 11.3 Å². The highest BCUT2D eigenvalue weighted by molar-refractivity contribution is 7.09. The molecule has 4 nitrogen and oxygen atoms in total. The fourth-order valence-electron chi connectivity index (χ4n) is 3.57. The number of ether oxygens (including phenoxy) is 1. The summed E-state index contributed by atoms with van der Waals surface area (Å²) in [6, 6.07) is 0.720. The summed E-state index contributed by atoms with van der Waals surface area (Å²) in [6.07, 6.45) is 2.75. The van der Waals surface area contributed by atoms with Crippen molar-refractivity contribution >= 4 is 11.3 Å². The van der Waals surface area contributed by atoms with Crippen molar-refractivity contribution in [3.63, 3.8) is 0 Å². The van der Waals surface area contributed by atoms with Gasteiger partial charge in [-0.3, -0.25) is 9.80 Å². The lowest BCUT2D eigenvalue weighted by atomic mass is 9.95. The normalized spacial score (nSPS) is 27.9. The number of aromatic nitrogens is 1. The molecule has 3 saturated heterocycles. The van der Waals surface area contributed by atoms with Gasteiger partial charge in [0, 0.05) is 50.8 Å². The van der Waals surface area contributed by atoms with E-state index < -0.39 is 0 Å². The maximum Gasteiger partial charge on any atom is 0.0798 e. The van der Waals surface area contributed by atoms with Gasteiger partial charge in [0.15, 0.2) is 0 Å². The summed E-state index contributed by atoms with van der Waals surface area (Å²) in [4.78, 5) is 11.1. The van der Waals surface area contributed by atoms with Crippen LogP contribution < -0.4 is 0 Å². The SMILES string of the molecule is COCCN1C[C@@H]2CC[C@H]1CN(Cc1scnc1C)C2. The number of rotatable bonds is 5. The van der Waals surface area contributed by atoms with Crippen molar-refractivity contribution in [2.45, 2.75) is 32.4 Å². The minimum atomic E-state index is 0.720. The van der Waals surface area contributed by atoms with Crippen molar-refractivity contribution in [1.29, 1.82) is 0 Å². The van der Waals surface area contributed by atoms with Crippen LogP contribution in [0.1, 0.15) is 23.4 Å². The summed E-state index contributed by atoms with van der Waals surface area (Å²) in [5.74, 6) is 0.832. The molecular formula is C15H25N3OS. The van der Waals surface area contributed by atoms with Crippen LogP contribution in [0.25, 0.3) is 0 Å². The zero-order valence-corrected chi connectivity index (χ0v) is 13.4. The molecule has 0 N–H and O–H groups in total. The second-order valence-corrected chi connectivity index (χ2v) is 7.08. The van der Waals surface area contributed by atoms with E-state index >= 15 is 0 Å². The number of piperidine rings is 1. The van der Waals surface area contributed by atoms with E-state index in [1.807, 2.05) is 5.51 Å². The molecule has 1 aromatic heterocycles. The van der Waals surface area contributed by atoms with Crippen LogP contribution in [0.2, 0.25) is 0 Å². The third-order valence-electron chi connectivity index (χ3n) is 4.70. The Balaban J connectivity index is 1.63. The van der Waals surface area contributed by atoms with Crippen molar-refractivity contribution < 1.29 is 4.74 Å². The molecule has 0 saturated carbocycles. The molecule has 20 heavy (non-hydrogen) atoms. The quantitative estimate of drug-likeness (QED) is 0.831. The van der Waals surface area contributed by atoms with Gasteiger partial charge in [0.1, 0.15) is 0 Å². The van der Waals surface area contributed by atoms with E-state index in [1.165, 1.54) is 43.0 Å². The highest BCUT2D eigenvalue weighted by atomic mass is 32.1. The van der Waals surface area contributed by atoms with Crippen LogP contribution in [0, 0.1) is 12.8 Å². The smallest absolute Gasteiger partial charge is 0.0798 e. The summed E-state index contributed by atoms with van der Waals surface area (Å²) in [5.41, 5.74) is 3.19. The first-order valence-corrected chi connectivity index (χ1v) is 8.48. The average Bonchev–Trinajstić information content (AvgIpc) is 2.67. The monoisotopic (exact) mass is 295 g/mol. The number of hydrogen-bond acceptors (Lipinski definition) is 5. The summed E-state index contributed by atoms with van der Waals surface area (Å²) in [6.45, 7) is 8.87. The second-order valence-electron chi connectivity index (χ2n) is 6.14. The molecule has 3 aliphatic heterocycles. The van der Waals surface area contributed by atoms with Crippen LogP contribution >= 0.6 is 11.3 Å². The maximum absolute atomic E-state index is 5.26. The third kappa shape index (κ3) is 3.22. The Bertz CT molecular complexity index is 437. The van der Waals surface area contributed by atoms with E-state index in [9.17, 15) is 0 Å². The minimum Gasteiger partial charge on any atom is -0.383 e. The van der Waals surface area contributed by atoms with Crippen molar-refractivity contribution in [3.05, 3.63) is 16.1 Å². The summed E-state index contributed by atoms with van der Waals surface area (Å²) < 4.78 is 5.26. The van der Waals surface area contributed by atoms with Crippen LogP contribution in [0.4, 0.5) is 0 Å². The van der Waals surface area contributed by atoms with E-state index in [1.54, 1.807) is 18.4 Å². The molecule has 0 aromatic carbocycles. The summed E-state index contributed by atoms with van der Waals surface area (Å²) >= 11 is 1.80. The third-order valence-corrected chi connectivity index (χ3v) is 5.62. The first kappa shape index (κ1) is 14.4. The van der Waals surface area contributed by atoms with Gasteiger partial charge in [-0.05, 0) is 25.7 Å². The lowest BCUT2D eigenvalue weighted by molar-refractivity contribution is 0.0868. The van der Waals surface area contributed by atoms with Crippen molar-refractivity contribution in [3.8, 4) is 0 Å². The van der Waals surface area contributed by atoms with Crippen molar-refractivity contribution in [2.75, 3.05) is 39.9 Å². The van der Waals surface area contributed by atoms with Gasteiger partial charge in [-0.25, -0.2) is 4.98 Å². The first-order valence-electron chi connectivity index (χ1n) is 7.60. The Morgan fingerprint density at radius 3 is 3.00 bits per heavy atom. The topological polar surface area (TPSA) is 28.6 Å². The van der Waals surface area contributed by atoms with Gasteiger partial charge in [0.2, 0.25) is 0 Å². The molecule has 5 heteroatoms. The number of nitrogens with zero attached hydrogens (tertiary/aromatic N) is 3. The standard InChI is InChI=1S/C15H25N3OS/c1-12-15(20-11-16-12)10-17-7-13-3-4-14(9-17)18(8-13)5-6-19-2/h11,13-14H,3-10H2,1-2H3/t13-,14+/m1/s1. The van der Waals surface area contributed by atoms with Crippen LogP contribution in [0.5, 0.6) is 0 Å². The molecule has 112 valence electrons. The Kier molecular flexibility index (Phi) is 4.71. The molecule has 3 fully saturated rings. The number of fused-ring (bicyclic) bond motifs is 4. The number of aryl methyl sites for hydroxylation is 1. The summed E-state index contributed by atoms with van der Waals surface area (Å²) in [7, 11) is 1.80. The molecule has 2 bridgehead atoms. The Labute approximate surface area is 125 Å². The molecule has 0 radical (unpaired) electrons. The lowest BCUT2D eigenvalue weighted by Crippen LogP contribution is -2.45. The first-order chi connectivity index (χ1) is 9.76. The van der Waals surface area contributed by atoms with Gasteiger partial charge in [0.05, 0.1) is 17.8 Å². The van der Waals surface area contributed by atoms with Gasteiger partial charge >= 0.3 is 0 Å². The zero-order valence-electron chi connectivity index (χ0n) is 12.5. The molecule has 0 aliphatic carbocycles. The largest absolute Gasteiger partial charge is 0.383 e. The molecule has 3 aliphatic rings. The van der Waals surface area contributed by atoms with E-state index in [-0.39, 0.29) is 0 Å². The van der Waals surface area contributed by atoms with Gasteiger partial charge in [-0.1, -0.05) is 0 Å². The molecule has 4 heterocycles. The van der Waals surface area contributed by atoms with Crippen LogP contribution in [0.3, 0.4) is 0 Å². The lowest BCUT2D eigenvalue weighted by Gasteiger charge is -2.35. The van der Waals surface area contributed by atoms with Crippen molar-refractivity contribution in [2.24, 2.45) is 5.92 Å². The molecular weight excluding hydrogens is 270 g/mol. The number of methoxy groups -OCH3 is 1. The fraction of sp³-hybridized carbons (Fsp3) is 0.800. The Hall–Kier alpha value is -0.490. The van der Waals surface area contributed by atoms with Crippen molar-refractivity contribution in [1.82, 2.24) is 14.8 Å². The second kappa shape index (κ2) is 6.52. The Morgan fingerprint density at radius 1 is 1.35 bits per heavy atom. The van der Waals surface area contributed by atoms with Gasteiger partial charge in [0.25, 0.3) is 0 Å². The van der Waals surface area contributed by atoms with Gasteiger partial charge in [-0.2, -0.15) is 0 Å². The highest BCUT2D eigenvalue weighted by Gasteiger charge is 2.34. The molecule has 0 amide bonds. The Morgan fingerprint density at radius 2 is 2.25 bits per heavy atom. The molecule has 1 aromatic rings. The molecule has 4 rings (SSSR count). The minimum absolute atomic E-state index is 0.720. The van der Waals surface area contributed by atoms with E-state index in [4.69, 9.17) is 4.74 Å². The number of hydrogen-bond donors (Lipinski definition) is 0. The van der Waals surface area contributed by atoms with E-state index in [0.717, 1.165) is 31.7 Å².